The van der Waals surface area contributed by atoms with E-state index < -0.39 is 34.3 Å². The van der Waals surface area contributed by atoms with Gasteiger partial charge in [-0.25, -0.2) is 17.6 Å². The highest BCUT2D eigenvalue weighted by Crippen LogP contribution is 2.21. The maximum atomic E-state index is 13.0. The second-order valence-corrected chi connectivity index (χ2v) is 7.91. The number of carbonyl (C=O) groups excluding carboxylic acids is 3. The number of likely N-dealkylation sites (tertiary alicyclic amines) is 1. The van der Waals surface area contributed by atoms with Crippen LogP contribution in [-0.4, -0.2) is 44.3 Å². The maximum absolute atomic E-state index is 13.0. The Balaban J connectivity index is 1.72. The van der Waals surface area contributed by atoms with Gasteiger partial charge in [0.05, 0.1) is 16.1 Å². The highest BCUT2D eigenvalue weighted by molar-refractivity contribution is 7.92. The summed E-state index contributed by atoms with van der Waals surface area (Å²) in [5.74, 6) is -2.47. The number of esters is 1. The van der Waals surface area contributed by atoms with Crippen LogP contribution in [0.3, 0.4) is 0 Å². The molecular weight excluding hydrogens is 403 g/mol. The van der Waals surface area contributed by atoms with Crippen LogP contribution < -0.4 is 4.72 Å². The number of para-hydroxylation sites is 1. The van der Waals surface area contributed by atoms with Gasteiger partial charge >= 0.3 is 5.97 Å². The quantitative estimate of drug-likeness (QED) is 0.715. The third kappa shape index (κ3) is 4.77. The molecule has 10 heteroatoms. The largest absolute Gasteiger partial charge is 0.452 e. The van der Waals surface area contributed by atoms with Crippen molar-refractivity contribution in [2.45, 2.75) is 17.7 Å². The molecule has 2 amide bonds. The Morgan fingerprint density at radius 3 is 2.45 bits per heavy atom. The van der Waals surface area contributed by atoms with Crippen LogP contribution in [0.15, 0.2) is 53.4 Å². The second kappa shape index (κ2) is 8.39. The molecule has 0 unspecified atom stereocenters. The molecule has 2 aromatic rings. The number of imide groups is 1. The normalized spacial score (nSPS) is 14.0. The number of sulfonamides is 1. The van der Waals surface area contributed by atoms with Gasteiger partial charge in [-0.3, -0.25) is 19.2 Å². The van der Waals surface area contributed by atoms with Gasteiger partial charge in [0.25, 0.3) is 15.9 Å². The number of hydrogen-bond acceptors (Lipinski definition) is 6. The van der Waals surface area contributed by atoms with Crippen molar-refractivity contribution < 1.29 is 31.9 Å². The number of nitrogens with one attached hydrogen (secondary N) is 1. The molecule has 0 radical (unpaired) electrons. The standard InChI is InChI=1S/C19H17FN2O6S/c20-13-7-9-14(10-8-13)29(26,27)21-16-5-2-1-4-15(16)19(25)28-12-18(24)22-11-3-6-17(22)23/h1-2,4-5,7-10,21H,3,6,11-12H2. The number of ether oxygens (including phenoxy) is 1. The lowest BCUT2D eigenvalue weighted by Gasteiger charge is -2.15. The van der Waals surface area contributed by atoms with Crippen molar-refractivity contribution in [2.24, 2.45) is 0 Å². The molecule has 1 N–H and O–H groups in total. The predicted molar refractivity (Wildman–Crippen MR) is 99.9 cm³/mol. The summed E-state index contributed by atoms with van der Waals surface area (Å²) in [7, 11) is -4.08. The molecule has 1 fully saturated rings. The first kappa shape index (κ1) is 20.5. The molecule has 1 saturated heterocycles. The van der Waals surface area contributed by atoms with Crippen LogP contribution in [0.1, 0.15) is 23.2 Å². The van der Waals surface area contributed by atoms with Gasteiger partial charge in [0, 0.05) is 13.0 Å². The molecule has 0 atom stereocenters. The molecule has 8 nitrogen and oxygen atoms in total. The van der Waals surface area contributed by atoms with Crippen LogP contribution in [0, 0.1) is 5.82 Å². The molecule has 0 spiro atoms. The first-order valence-corrected chi connectivity index (χ1v) is 10.1. The fourth-order valence-corrected chi connectivity index (χ4v) is 3.84. The van der Waals surface area contributed by atoms with E-state index in [-0.39, 0.29) is 35.0 Å². The van der Waals surface area contributed by atoms with E-state index in [0.717, 1.165) is 29.2 Å². The van der Waals surface area contributed by atoms with E-state index in [2.05, 4.69) is 4.72 Å². The summed E-state index contributed by atoms with van der Waals surface area (Å²) in [6.07, 6.45) is 0.834. The molecule has 1 aliphatic rings. The summed E-state index contributed by atoms with van der Waals surface area (Å²) >= 11 is 0. The fourth-order valence-electron chi connectivity index (χ4n) is 2.76. The van der Waals surface area contributed by atoms with Crippen LogP contribution in [0.5, 0.6) is 0 Å². The van der Waals surface area contributed by atoms with E-state index in [9.17, 15) is 27.2 Å². The van der Waals surface area contributed by atoms with E-state index in [0.29, 0.717) is 6.42 Å². The number of benzene rings is 2. The van der Waals surface area contributed by atoms with Gasteiger partial charge in [-0.1, -0.05) is 12.1 Å². The third-order valence-electron chi connectivity index (χ3n) is 4.22. The van der Waals surface area contributed by atoms with Crippen molar-refractivity contribution in [3.63, 3.8) is 0 Å². The molecule has 0 aliphatic carbocycles. The minimum Gasteiger partial charge on any atom is -0.452 e. The van der Waals surface area contributed by atoms with Gasteiger partial charge in [0.15, 0.2) is 6.61 Å². The van der Waals surface area contributed by atoms with Crippen molar-refractivity contribution in [1.29, 1.82) is 0 Å². The minimum atomic E-state index is -4.08. The Bertz CT molecular complexity index is 1050. The zero-order valence-corrected chi connectivity index (χ0v) is 15.9. The van der Waals surface area contributed by atoms with Crippen molar-refractivity contribution >= 4 is 33.5 Å². The summed E-state index contributed by atoms with van der Waals surface area (Å²) in [6, 6.07) is 9.86. The molecule has 0 bridgehead atoms. The number of hydrogen-bond donors (Lipinski definition) is 1. The summed E-state index contributed by atoms with van der Waals surface area (Å²) in [5.41, 5.74) is -0.176. The minimum absolute atomic E-state index is 0.0634. The Morgan fingerprint density at radius 2 is 1.79 bits per heavy atom. The van der Waals surface area contributed by atoms with Crippen molar-refractivity contribution in [2.75, 3.05) is 17.9 Å². The zero-order valence-electron chi connectivity index (χ0n) is 15.1. The molecular formula is C19H17FN2O6S. The SMILES string of the molecule is O=C(OCC(=O)N1CCCC1=O)c1ccccc1NS(=O)(=O)c1ccc(F)cc1. The highest BCUT2D eigenvalue weighted by Gasteiger charge is 2.27. The third-order valence-corrected chi connectivity index (χ3v) is 5.60. The molecule has 2 aromatic carbocycles. The fraction of sp³-hybridized carbons (Fsp3) is 0.211. The number of rotatable bonds is 6. The predicted octanol–water partition coefficient (Wildman–Crippen LogP) is 1.93. The number of amides is 2. The van der Waals surface area contributed by atoms with E-state index in [1.165, 1.54) is 24.3 Å². The summed E-state index contributed by atoms with van der Waals surface area (Å²) in [4.78, 5) is 36.8. The first-order valence-electron chi connectivity index (χ1n) is 8.66. The van der Waals surface area contributed by atoms with E-state index in [1.54, 1.807) is 0 Å². The lowest BCUT2D eigenvalue weighted by molar-refractivity contribution is -0.143. The van der Waals surface area contributed by atoms with Crippen LogP contribution >= 0.6 is 0 Å². The van der Waals surface area contributed by atoms with Gasteiger partial charge < -0.3 is 4.74 Å². The topological polar surface area (TPSA) is 110 Å². The van der Waals surface area contributed by atoms with Crippen LogP contribution in [0.25, 0.3) is 0 Å². The lowest BCUT2D eigenvalue weighted by Crippen LogP contribution is -2.35. The maximum Gasteiger partial charge on any atom is 0.340 e. The molecule has 0 saturated carbocycles. The van der Waals surface area contributed by atoms with Gasteiger partial charge in [-0.15, -0.1) is 0 Å². The number of halogens is 1. The van der Waals surface area contributed by atoms with Crippen LogP contribution in [-0.2, 0) is 24.3 Å². The van der Waals surface area contributed by atoms with Gasteiger partial charge in [-0.2, -0.15) is 0 Å². The molecule has 1 aliphatic heterocycles. The molecule has 29 heavy (non-hydrogen) atoms. The highest BCUT2D eigenvalue weighted by atomic mass is 32.2. The summed E-state index contributed by atoms with van der Waals surface area (Å²) in [6.45, 7) is -0.354. The summed E-state index contributed by atoms with van der Waals surface area (Å²) in [5, 5.41) is 0. The van der Waals surface area contributed by atoms with E-state index >= 15 is 0 Å². The number of anilines is 1. The molecule has 1 heterocycles. The van der Waals surface area contributed by atoms with E-state index in [4.69, 9.17) is 4.74 Å². The van der Waals surface area contributed by atoms with E-state index in [1.807, 2.05) is 0 Å². The van der Waals surface area contributed by atoms with Crippen molar-refractivity contribution in [3.05, 3.63) is 59.9 Å². The average Bonchev–Trinajstić information content (AvgIpc) is 3.12. The summed E-state index contributed by atoms with van der Waals surface area (Å²) < 4.78 is 45.2. The van der Waals surface area contributed by atoms with Gasteiger partial charge in [0.1, 0.15) is 5.82 Å². The zero-order chi connectivity index (χ0) is 21.0. The Hall–Kier alpha value is -3.27. The molecule has 3 rings (SSSR count). The Morgan fingerprint density at radius 1 is 1.10 bits per heavy atom. The number of carbonyl (C=O) groups is 3. The van der Waals surface area contributed by atoms with Gasteiger partial charge in [0.2, 0.25) is 5.91 Å². The lowest BCUT2D eigenvalue weighted by atomic mass is 10.2. The van der Waals surface area contributed by atoms with Crippen LogP contribution in [0.4, 0.5) is 10.1 Å². The van der Waals surface area contributed by atoms with Gasteiger partial charge in [-0.05, 0) is 42.8 Å². The Kier molecular flexibility index (Phi) is 5.92. The smallest absolute Gasteiger partial charge is 0.340 e. The monoisotopic (exact) mass is 420 g/mol. The average molecular weight is 420 g/mol. The van der Waals surface area contributed by atoms with Crippen molar-refractivity contribution in [3.8, 4) is 0 Å². The second-order valence-electron chi connectivity index (χ2n) is 6.22. The molecule has 0 aromatic heterocycles. The van der Waals surface area contributed by atoms with Crippen molar-refractivity contribution in [1.82, 2.24) is 4.90 Å². The Labute approximate surface area is 166 Å². The number of nitrogens with zero attached hydrogens (tertiary/aromatic N) is 1. The first-order chi connectivity index (χ1) is 13.8. The molecule has 152 valence electrons. The van der Waals surface area contributed by atoms with Crippen LogP contribution in [0.2, 0.25) is 0 Å².